The van der Waals surface area contributed by atoms with Gasteiger partial charge in [0.25, 0.3) is 0 Å². The molecular weight excluding hydrogens is 296 g/mol. The molecule has 0 aliphatic heterocycles. The molecule has 102 valence electrons. The lowest BCUT2D eigenvalue weighted by atomic mass is 10.3. The van der Waals surface area contributed by atoms with Crippen LogP contribution in [0.25, 0.3) is 0 Å². The lowest BCUT2D eigenvalue weighted by molar-refractivity contribution is -0.388. The average Bonchev–Trinajstić information content (AvgIpc) is 2.41. The Morgan fingerprint density at radius 1 is 1.35 bits per heavy atom. The molecule has 0 atom stereocenters. The van der Waals surface area contributed by atoms with Crippen LogP contribution in [-0.2, 0) is 0 Å². The second-order valence-corrected chi connectivity index (χ2v) is 5.20. The van der Waals surface area contributed by atoms with Gasteiger partial charge in [0.15, 0.2) is 10.1 Å². The molecule has 0 spiro atoms. The molecule has 0 saturated heterocycles. The minimum atomic E-state index is -0.446. The molecule has 0 fully saturated rings. The van der Waals surface area contributed by atoms with E-state index < -0.39 is 4.92 Å². The summed E-state index contributed by atoms with van der Waals surface area (Å²) < 4.78 is 0. The zero-order valence-electron chi connectivity index (χ0n) is 10.1. The maximum atomic E-state index is 10.9. The maximum absolute atomic E-state index is 10.9. The Hall–Kier alpha value is -2.19. The third-order valence-corrected chi connectivity index (χ3v) is 3.40. The molecule has 0 aliphatic rings. The SMILES string of the molecule is NC(=S)Nc1ccc(Sc2ncccc2[N+](=O)[O-])cc1. The lowest BCUT2D eigenvalue weighted by Gasteiger charge is -2.05. The number of aromatic nitrogens is 1. The molecule has 8 heteroatoms. The summed E-state index contributed by atoms with van der Waals surface area (Å²) in [4.78, 5) is 15.3. The monoisotopic (exact) mass is 306 g/mol. The van der Waals surface area contributed by atoms with E-state index >= 15 is 0 Å². The normalized spacial score (nSPS) is 10.0. The molecule has 0 aliphatic carbocycles. The Balaban J connectivity index is 2.18. The van der Waals surface area contributed by atoms with Crippen molar-refractivity contribution >= 4 is 40.5 Å². The van der Waals surface area contributed by atoms with E-state index in [1.807, 2.05) is 12.1 Å². The summed E-state index contributed by atoms with van der Waals surface area (Å²) in [7, 11) is 0. The highest BCUT2D eigenvalue weighted by Crippen LogP contribution is 2.32. The highest BCUT2D eigenvalue weighted by atomic mass is 32.2. The largest absolute Gasteiger partial charge is 0.376 e. The molecule has 2 rings (SSSR count). The first-order chi connectivity index (χ1) is 9.56. The van der Waals surface area contributed by atoms with E-state index in [0.29, 0.717) is 5.03 Å². The number of hydrogen-bond acceptors (Lipinski definition) is 5. The Bertz CT molecular complexity index is 646. The van der Waals surface area contributed by atoms with Crippen molar-refractivity contribution in [3.63, 3.8) is 0 Å². The third kappa shape index (κ3) is 3.65. The van der Waals surface area contributed by atoms with Gasteiger partial charge in [0.1, 0.15) is 0 Å². The zero-order chi connectivity index (χ0) is 14.5. The van der Waals surface area contributed by atoms with E-state index in [-0.39, 0.29) is 10.8 Å². The summed E-state index contributed by atoms with van der Waals surface area (Å²) in [5, 5.41) is 14.2. The Kier molecular flexibility index (Phi) is 4.49. The fourth-order valence-electron chi connectivity index (χ4n) is 1.46. The molecule has 0 bridgehead atoms. The van der Waals surface area contributed by atoms with Gasteiger partial charge >= 0.3 is 5.69 Å². The second-order valence-electron chi connectivity index (χ2n) is 3.70. The number of nitrogens with zero attached hydrogens (tertiary/aromatic N) is 2. The second kappa shape index (κ2) is 6.31. The summed E-state index contributed by atoms with van der Waals surface area (Å²) in [6, 6.07) is 10.2. The van der Waals surface area contributed by atoms with Crippen molar-refractivity contribution in [1.29, 1.82) is 0 Å². The van der Waals surface area contributed by atoms with Gasteiger partial charge in [0.2, 0.25) is 0 Å². The minimum absolute atomic E-state index is 0.0113. The summed E-state index contributed by atoms with van der Waals surface area (Å²) in [5.74, 6) is 0. The smallest absolute Gasteiger partial charge is 0.301 e. The number of thiocarbonyl (C=S) groups is 1. The first-order valence-corrected chi connectivity index (χ1v) is 6.72. The fourth-order valence-corrected chi connectivity index (χ4v) is 2.43. The fraction of sp³-hybridized carbons (Fsp3) is 0. The standard InChI is InChI=1S/C12H10N4O2S2/c13-12(19)15-8-3-5-9(6-4-8)20-11-10(16(17)18)2-1-7-14-11/h1-7H,(H3,13,15,19). The highest BCUT2D eigenvalue weighted by Gasteiger charge is 2.15. The number of nitrogens with one attached hydrogen (secondary N) is 1. The van der Waals surface area contributed by atoms with Gasteiger partial charge in [-0.05, 0) is 42.5 Å². The molecule has 0 unspecified atom stereocenters. The molecule has 1 aromatic carbocycles. The molecule has 20 heavy (non-hydrogen) atoms. The van der Waals surface area contributed by atoms with Gasteiger partial charge in [-0.15, -0.1) is 0 Å². The predicted octanol–water partition coefficient (Wildman–Crippen LogP) is 2.80. The van der Waals surface area contributed by atoms with Crippen LogP contribution >= 0.6 is 24.0 Å². The van der Waals surface area contributed by atoms with Crippen molar-refractivity contribution in [3.8, 4) is 0 Å². The quantitative estimate of drug-likeness (QED) is 0.509. The van der Waals surface area contributed by atoms with Crippen molar-refractivity contribution < 1.29 is 4.92 Å². The molecule has 3 N–H and O–H groups in total. The van der Waals surface area contributed by atoms with E-state index in [1.165, 1.54) is 30.1 Å². The third-order valence-electron chi connectivity index (χ3n) is 2.28. The van der Waals surface area contributed by atoms with Gasteiger partial charge < -0.3 is 11.1 Å². The highest BCUT2D eigenvalue weighted by molar-refractivity contribution is 7.99. The molecule has 0 saturated carbocycles. The molecule has 2 aromatic rings. The van der Waals surface area contributed by atoms with E-state index in [0.717, 1.165) is 10.6 Å². The van der Waals surface area contributed by atoms with Crippen LogP contribution < -0.4 is 11.1 Å². The molecule has 6 nitrogen and oxygen atoms in total. The molecule has 0 radical (unpaired) electrons. The van der Waals surface area contributed by atoms with E-state index in [1.54, 1.807) is 12.1 Å². The predicted molar refractivity (Wildman–Crippen MR) is 81.9 cm³/mol. The van der Waals surface area contributed by atoms with Crippen LogP contribution in [0, 0.1) is 10.1 Å². The summed E-state index contributed by atoms with van der Waals surface area (Å²) in [6.07, 6.45) is 1.53. The number of nitrogens with two attached hydrogens (primary N) is 1. The summed E-state index contributed by atoms with van der Waals surface area (Å²) in [6.45, 7) is 0. The first kappa shape index (κ1) is 14.2. The molecule has 1 heterocycles. The molecular formula is C12H10N4O2S2. The van der Waals surface area contributed by atoms with Crippen LogP contribution in [0.15, 0.2) is 52.5 Å². The number of hydrogen-bond donors (Lipinski definition) is 2. The van der Waals surface area contributed by atoms with E-state index in [4.69, 9.17) is 18.0 Å². The van der Waals surface area contributed by atoms with Crippen LogP contribution in [0.2, 0.25) is 0 Å². The number of rotatable bonds is 4. The van der Waals surface area contributed by atoms with Gasteiger partial charge in [0.05, 0.1) is 4.92 Å². The van der Waals surface area contributed by atoms with Crippen molar-refractivity contribution in [2.45, 2.75) is 9.92 Å². The van der Waals surface area contributed by atoms with Crippen LogP contribution in [0.5, 0.6) is 0 Å². The van der Waals surface area contributed by atoms with Crippen LogP contribution in [0.3, 0.4) is 0 Å². The Morgan fingerprint density at radius 3 is 2.65 bits per heavy atom. The maximum Gasteiger partial charge on any atom is 0.301 e. The number of anilines is 1. The summed E-state index contributed by atoms with van der Waals surface area (Å²) in [5.41, 5.74) is 6.12. The van der Waals surface area contributed by atoms with Crippen LogP contribution in [0.4, 0.5) is 11.4 Å². The minimum Gasteiger partial charge on any atom is -0.376 e. The van der Waals surface area contributed by atoms with E-state index in [2.05, 4.69) is 10.3 Å². The Morgan fingerprint density at radius 2 is 2.05 bits per heavy atom. The van der Waals surface area contributed by atoms with Crippen molar-refractivity contribution in [2.24, 2.45) is 5.73 Å². The van der Waals surface area contributed by atoms with Gasteiger partial charge in [-0.3, -0.25) is 10.1 Å². The van der Waals surface area contributed by atoms with Crippen LogP contribution in [-0.4, -0.2) is 15.0 Å². The van der Waals surface area contributed by atoms with Gasteiger partial charge in [-0.1, -0.05) is 11.8 Å². The summed E-state index contributed by atoms with van der Waals surface area (Å²) >= 11 is 5.96. The van der Waals surface area contributed by atoms with Gasteiger partial charge in [0, 0.05) is 22.8 Å². The van der Waals surface area contributed by atoms with Crippen molar-refractivity contribution in [1.82, 2.24) is 4.98 Å². The molecule has 0 amide bonds. The van der Waals surface area contributed by atoms with Gasteiger partial charge in [-0.25, -0.2) is 4.98 Å². The number of nitro groups is 1. The molecule has 1 aromatic heterocycles. The van der Waals surface area contributed by atoms with Crippen LogP contribution in [0.1, 0.15) is 0 Å². The van der Waals surface area contributed by atoms with Gasteiger partial charge in [-0.2, -0.15) is 0 Å². The number of benzene rings is 1. The Labute approximate surface area is 124 Å². The van der Waals surface area contributed by atoms with Crippen molar-refractivity contribution in [3.05, 3.63) is 52.7 Å². The van der Waals surface area contributed by atoms with Crippen molar-refractivity contribution in [2.75, 3.05) is 5.32 Å². The van der Waals surface area contributed by atoms with E-state index in [9.17, 15) is 10.1 Å². The lowest BCUT2D eigenvalue weighted by Crippen LogP contribution is -2.18. The number of pyridine rings is 1. The zero-order valence-corrected chi connectivity index (χ0v) is 11.8. The first-order valence-electron chi connectivity index (χ1n) is 5.50. The average molecular weight is 306 g/mol. The topological polar surface area (TPSA) is 94.1 Å².